The first kappa shape index (κ1) is 9.79. The molecule has 1 aliphatic heterocycles. The van der Waals surface area contributed by atoms with Crippen LogP contribution >= 0.6 is 0 Å². The van der Waals surface area contributed by atoms with Crippen molar-refractivity contribution in [2.75, 3.05) is 6.54 Å². The van der Waals surface area contributed by atoms with Gasteiger partial charge in [-0.05, 0) is 6.42 Å². The number of amides is 2. The first-order valence-electron chi connectivity index (χ1n) is 4.33. The summed E-state index contributed by atoms with van der Waals surface area (Å²) >= 11 is 0. The molecule has 70 valence electrons. The van der Waals surface area contributed by atoms with Gasteiger partial charge in [0, 0.05) is 6.42 Å². The lowest BCUT2D eigenvalue weighted by Crippen LogP contribution is -2.34. The number of terminal acetylenes is 1. The quantitative estimate of drug-likeness (QED) is 0.464. The van der Waals surface area contributed by atoms with Crippen LogP contribution in [-0.2, 0) is 9.59 Å². The minimum Gasteiger partial charge on any atom is -0.274 e. The molecule has 13 heavy (non-hydrogen) atoms. The third kappa shape index (κ3) is 1.44. The number of hydrogen-bond acceptors (Lipinski definition) is 2. The molecule has 1 rings (SSSR count). The molecule has 1 atom stereocenters. The van der Waals surface area contributed by atoms with E-state index < -0.39 is 5.41 Å². The van der Waals surface area contributed by atoms with Crippen molar-refractivity contribution >= 4 is 11.8 Å². The minimum absolute atomic E-state index is 0.104. The summed E-state index contributed by atoms with van der Waals surface area (Å²) in [5.41, 5.74) is -0.520. The Labute approximate surface area is 78.1 Å². The maximum Gasteiger partial charge on any atom is 0.236 e. The summed E-state index contributed by atoms with van der Waals surface area (Å²) in [6, 6.07) is 0. The summed E-state index contributed by atoms with van der Waals surface area (Å²) in [6.45, 7) is 3.82. The lowest BCUT2D eigenvalue weighted by Gasteiger charge is -2.18. The number of carbonyl (C=O) groups excluding carboxylic acids is 2. The molecule has 0 spiro atoms. The first-order chi connectivity index (χ1) is 6.05. The maximum atomic E-state index is 11.7. The van der Waals surface area contributed by atoms with Crippen LogP contribution in [0.5, 0.6) is 0 Å². The third-order valence-electron chi connectivity index (χ3n) is 2.63. The fourth-order valence-corrected chi connectivity index (χ4v) is 1.47. The SMILES string of the molecule is C#CCN1C(=O)CC(C)(CC)C1=O. The van der Waals surface area contributed by atoms with Crippen molar-refractivity contribution in [1.29, 1.82) is 0 Å². The normalized spacial score (nSPS) is 27.9. The molecule has 1 heterocycles. The number of rotatable bonds is 2. The fraction of sp³-hybridized carbons (Fsp3) is 0.600. The number of likely N-dealkylation sites (tertiary alicyclic amines) is 1. The maximum absolute atomic E-state index is 11.7. The molecule has 0 N–H and O–H groups in total. The zero-order valence-electron chi connectivity index (χ0n) is 7.96. The molecule has 1 fully saturated rings. The van der Waals surface area contributed by atoms with Crippen LogP contribution in [0.2, 0.25) is 0 Å². The Bertz CT molecular complexity index is 290. The van der Waals surface area contributed by atoms with Crippen molar-refractivity contribution in [3.63, 3.8) is 0 Å². The van der Waals surface area contributed by atoms with Gasteiger partial charge in [0.1, 0.15) is 0 Å². The summed E-state index contributed by atoms with van der Waals surface area (Å²) in [4.78, 5) is 24.2. The zero-order chi connectivity index (χ0) is 10.1. The van der Waals surface area contributed by atoms with Crippen LogP contribution in [0.4, 0.5) is 0 Å². The third-order valence-corrected chi connectivity index (χ3v) is 2.63. The topological polar surface area (TPSA) is 37.4 Å². The highest BCUT2D eigenvalue weighted by atomic mass is 16.2. The Morgan fingerprint density at radius 1 is 1.62 bits per heavy atom. The highest BCUT2D eigenvalue weighted by Crippen LogP contribution is 2.34. The molecule has 0 saturated carbocycles. The van der Waals surface area contributed by atoms with Crippen molar-refractivity contribution in [2.24, 2.45) is 5.41 Å². The van der Waals surface area contributed by atoms with Gasteiger partial charge in [-0.25, -0.2) is 0 Å². The molecule has 3 nitrogen and oxygen atoms in total. The van der Waals surface area contributed by atoms with E-state index in [-0.39, 0.29) is 18.4 Å². The second kappa shape index (κ2) is 3.21. The van der Waals surface area contributed by atoms with Crippen molar-refractivity contribution in [2.45, 2.75) is 26.7 Å². The second-order valence-corrected chi connectivity index (χ2v) is 3.58. The van der Waals surface area contributed by atoms with Crippen LogP contribution in [0, 0.1) is 17.8 Å². The highest BCUT2D eigenvalue weighted by molar-refractivity contribution is 6.05. The van der Waals surface area contributed by atoms with E-state index in [0.29, 0.717) is 12.8 Å². The number of hydrogen-bond donors (Lipinski definition) is 0. The average molecular weight is 179 g/mol. The van der Waals surface area contributed by atoms with Gasteiger partial charge in [0.2, 0.25) is 11.8 Å². The van der Waals surface area contributed by atoms with Gasteiger partial charge in [0.25, 0.3) is 0 Å². The van der Waals surface area contributed by atoms with Gasteiger partial charge in [-0.15, -0.1) is 6.42 Å². The Hall–Kier alpha value is -1.30. The fourth-order valence-electron chi connectivity index (χ4n) is 1.47. The Kier molecular flexibility index (Phi) is 2.42. The molecule has 0 radical (unpaired) electrons. The predicted molar refractivity (Wildman–Crippen MR) is 48.6 cm³/mol. The van der Waals surface area contributed by atoms with E-state index in [4.69, 9.17) is 6.42 Å². The van der Waals surface area contributed by atoms with Gasteiger partial charge in [-0.2, -0.15) is 0 Å². The lowest BCUT2D eigenvalue weighted by molar-refractivity contribution is -0.140. The summed E-state index contributed by atoms with van der Waals surface area (Å²) < 4.78 is 0. The molecular weight excluding hydrogens is 166 g/mol. The molecule has 0 aromatic rings. The molecule has 0 aromatic carbocycles. The van der Waals surface area contributed by atoms with Gasteiger partial charge in [-0.1, -0.05) is 19.8 Å². The molecule has 1 aliphatic rings. The Balaban J connectivity index is 2.89. The van der Waals surface area contributed by atoms with Crippen LogP contribution < -0.4 is 0 Å². The molecule has 0 bridgehead atoms. The minimum atomic E-state index is -0.520. The number of imide groups is 1. The lowest BCUT2D eigenvalue weighted by atomic mass is 9.86. The van der Waals surface area contributed by atoms with Crippen LogP contribution in [-0.4, -0.2) is 23.3 Å². The van der Waals surface area contributed by atoms with Crippen molar-refractivity contribution in [3.8, 4) is 12.3 Å². The Morgan fingerprint density at radius 3 is 2.62 bits per heavy atom. The molecule has 0 aromatic heterocycles. The molecule has 1 unspecified atom stereocenters. The van der Waals surface area contributed by atoms with Crippen LogP contribution in [0.15, 0.2) is 0 Å². The van der Waals surface area contributed by atoms with Crippen LogP contribution in [0.3, 0.4) is 0 Å². The molecule has 3 heteroatoms. The van der Waals surface area contributed by atoms with E-state index in [1.54, 1.807) is 0 Å². The van der Waals surface area contributed by atoms with E-state index in [2.05, 4.69) is 5.92 Å². The predicted octanol–water partition coefficient (Wildman–Crippen LogP) is 0.795. The summed E-state index contributed by atoms with van der Waals surface area (Å²) in [5, 5.41) is 0. The molecule has 1 saturated heterocycles. The van der Waals surface area contributed by atoms with E-state index in [0.717, 1.165) is 0 Å². The number of carbonyl (C=O) groups is 2. The van der Waals surface area contributed by atoms with Gasteiger partial charge < -0.3 is 0 Å². The number of nitrogens with zero attached hydrogens (tertiary/aromatic N) is 1. The van der Waals surface area contributed by atoms with E-state index in [1.807, 2.05) is 13.8 Å². The second-order valence-electron chi connectivity index (χ2n) is 3.58. The largest absolute Gasteiger partial charge is 0.274 e. The highest BCUT2D eigenvalue weighted by Gasteiger charge is 2.46. The van der Waals surface area contributed by atoms with Crippen LogP contribution in [0.25, 0.3) is 0 Å². The standard InChI is InChI=1S/C10H13NO2/c1-4-6-11-8(12)7-10(3,5-2)9(11)13/h1H,5-7H2,2-3H3. The van der Waals surface area contributed by atoms with E-state index in [9.17, 15) is 9.59 Å². The zero-order valence-corrected chi connectivity index (χ0v) is 7.96. The summed E-state index contributed by atoms with van der Waals surface area (Å²) in [5.74, 6) is 2.04. The smallest absolute Gasteiger partial charge is 0.236 e. The first-order valence-corrected chi connectivity index (χ1v) is 4.33. The van der Waals surface area contributed by atoms with Gasteiger partial charge in [-0.3, -0.25) is 14.5 Å². The van der Waals surface area contributed by atoms with E-state index >= 15 is 0 Å². The molecular formula is C10H13NO2. The van der Waals surface area contributed by atoms with Gasteiger partial charge >= 0.3 is 0 Å². The van der Waals surface area contributed by atoms with Gasteiger partial charge in [0.15, 0.2) is 0 Å². The average Bonchev–Trinajstić information content (AvgIpc) is 2.31. The van der Waals surface area contributed by atoms with E-state index in [1.165, 1.54) is 4.90 Å². The van der Waals surface area contributed by atoms with Crippen LogP contribution in [0.1, 0.15) is 26.7 Å². The molecule has 2 amide bonds. The monoisotopic (exact) mass is 179 g/mol. The summed E-state index contributed by atoms with van der Waals surface area (Å²) in [7, 11) is 0. The summed E-state index contributed by atoms with van der Waals surface area (Å²) in [6.07, 6.45) is 6.04. The molecule has 0 aliphatic carbocycles. The van der Waals surface area contributed by atoms with Crippen molar-refractivity contribution in [1.82, 2.24) is 4.90 Å². The van der Waals surface area contributed by atoms with Crippen molar-refractivity contribution in [3.05, 3.63) is 0 Å². The Morgan fingerprint density at radius 2 is 2.23 bits per heavy atom. The van der Waals surface area contributed by atoms with Gasteiger partial charge in [0.05, 0.1) is 12.0 Å². The van der Waals surface area contributed by atoms with Crippen molar-refractivity contribution < 1.29 is 9.59 Å².